The van der Waals surface area contributed by atoms with Crippen LogP contribution in [0, 0.1) is 0 Å². The predicted molar refractivity (Wildman–Crippen MR) is 52.1 cm³/mol. The molecule has 0 aliphatic carbocycles. The van der Waals surface area contributed by atoms with Crippen LogP contribution >= 0.6 is 0 Å². The van der Waals surface area contributed by atoms with Gasteiger partial charge in [-0.25, -0.2) is 4.98 Å². The van der Waals surface area contributed by atoms with Crippen LogP contribution in [0.1, 0.15) is 29.3 Å². The molecule has 0 saturated heterocycles. The van der Waals surface area contributed by atoms with Gasteiger partial charge >= 0.3 is 0 Å². The first-order valence-electron chi connectivity index (χ1n) is 4.52. The maximum absolute atomic E-state index is 11.4. The lowest BCUT2D eigenvalue weighted by molar-refractivity contribution is -0.00194. The van der Waals surface area contributed by atoms with Gasteiger partial charge in [0.25, 0.3) is 5.91 Å². The molecule has 1 rings (SSSR count). The number of aliphatic hydroxyl groups excluding tert-OH is 1. The second kappa shape index (κ2) is 5.40. The molecule has 1 aromatic heterocycles. The van der Waals surface area contributed by atoms with Gasteiger partial charge in [-0.05, 0) is 19.1 Å². The number of pyridine rings is 1. The van der Waals surface area contributed by atoms with Crippen LogP contribution in [0.2, 0.25) is 0 Å². The average Bonchev–Trinajstić information content (AvgIpc) is 2.28. The molecule has 1 amide bonds. The lowest BCUT2D eigenvalue weighted by Gasteiger charge is -2.08. The normalized spacial score (nSPS) is 12.2. The number of amides is 1. The van der Waals surface area contributed by atoms with Crippen molar-refractivity contribution in [3.8, 4) is 0 Å². The summed E-state index contributed by atoms with van der Waals surface area (Å²) in [6, 6.07) is 4.60. The van der Waals surface area contributed by atoms with E-state index >= 15 is 0 Å². The summed E-state index contributed by atoms with van der Waals surface area (Å²) in [4.78, 5) is 15.2. The largest absolute Gasteiger partial charge is 0.371 e. The molecule has 0 radical (unpaired) electrons. The Labute approximate surface area is 86.9 Å². The highest BCUT2D eigenvalue weighted by Gasteiger charge is 2.11. The van der Waals surface area contributed by atoms with E-state index in [1.54, 1.807) is 18.5 Å². The molecule has 1 heterocycles. The number of aromatic nitrogens is 1. The quantitative estimate of drug-likeness (QED) is 0.409. The van der Waals surface area contributed by atoms with Gasteiger partial charge in [-0.3, -0.25) is 4.79 Å². The summed E-state index contributed by atoms with van der Waals surface area (Å²) < 4.78 is 0. The third-order valence-corrected chi connectivity index (χ3v) is 1.74. The molecular formula is C9H13N3O3. The Morgan fingerprint density at radius 1 is 1.60 bits per heavy atom. The van der Waals surface area contributed by atoms with Crippen LogP contribution in [0.5, 0.6) is 0 Å². The minimum absolute atomic E-state index is 0.182. The molecule has 0 aliphatic rings. The van der Waals surface area contributed by atoms with Crippen molar-refractivity contribution in [3.63, 3.8) is 0 Å². The molecule has 0 spiro atoms. The SMILES string of the molecule is CCNC(=O)c1cccc(C(O)NO)n1. The monoisotopic (exact) mass is 211 g/mol. The van der Waals surface area contributed by atoms with Crippen LogP contribution < -0.4 is 10.8 Å². The fourth-order valence-electron chi connectivity index (χ4n) is 1.05. The molecule has 1 atom stereocenters. The van der Waals surface area contributed by atoms with Gasteiger partial charge in [-0.1, -0.05) is 6.07 Å². The van der Waals surface area contributed by atoms with Crippen LogP contribution in [0.4, 0.5) is 0 Å². The Morgan fingerprint density at radius 2 is 2.33 bits per heavy atom. The summed E-state index contributed by atoms with van der Waals surface area (Å²) in [6.07, 6.45) is -1.29. The molecule has 4 N–H and O–H groups in total. The van der Waals surface area contributed by atoms with Gasteiger partial charge in [0, 0.05) is 6.54 Å². The zero-order valence-electron chi connectivity index (χ0n) is 8.27. The van der Waals surface area contributed by atoms with Crippen molar-refractivity contribution in [1.29, 1.82) is 0 Å². The Kier molecular flexibility index (Phi) is 4.17. The van der Waals surface area contributed by atoms with E-state index in [9.17, 15) is 9.90 Å². The van der Waals surface area contributed by atoms with Crippen molar-refractivity contribution in [1.82, 2.24) is 15.8 Å². The van der Waals surface area contributed by atoms with Crippen LogP contribution in [0.25, 0.3) is 0 Å². The predicted octanol–water partition coefficient (Wildman–Crippen LogP) is -0.199. The Balaban J connectivity index is 2.87. The topological polar surface area (TPSA) is 94.5 Å². The van der Waals surface area contributed by atoms with Crippen molar-refractivity contribution >= 4 is 5.91 Å². The van der Waals surface area contributed by atoms with Crippen molar-refractivity contribution in [3.05, 3.63) is 29.6 Å². The highest BCUT2D eigenvalue weighted by atomic mass is 16.5. The summed E-state index contributed by atoms with van der Waals surface area (Å²) in [5.74, 6) is -0.315. The number of nitrogens with zero attached hydrogens (tertiary/aromatic N) is 1. The molecule has 0 saturated carbocycles. The molecule has 6 heteroatoms. The number of carbonyl (C=O) groups excluding carboxylic acids is 1. The standard InChI is InChI=1S/C9H13N3O3/c1-2-10-8(13)6-4-3-5-7(11-6)9(14)12-15/h3-5,9,12,14-15H,2H2,1H3,(H,10,13). The van der Waals surface area contributed by atoms with Crippen LogP contribution in [-0.2, 0) is 0 Å². The molecule has 15 heavy (non-hydrogen) atoms. The van der Waals surface area contributed by atoms with Gasteiger partial charge < -0.3 is 15.6 Å². The molecule has 1 aromatic rings. The lowest BCUT2D eigenvalue weighted by Crippen LogP contribution is -2.25. The number of hydroxylamine groups is 1. The summed E-state index contributed by atoms with van der Waals surface area (Å²) in [5.41, 5.74) is 2.02. The van der Waals surface area contributed by atoms with Crippen LogP contribution in [0.3, 0.4) is 0 Å². The van der Waals surface area contributed by atoms with E-state index in [0.717, 1.165) is 0 Å². The first kappa shape index (κ1) is 11.6. The zero-order chi connectivity index (χ0) is 11.3. The molecule has 0 aromatic carbocycles. The number of carbonyl (C=O) groups is 1. The molecule has 0 fully saturated rings. The maximum Gasteiger partial charge on any atom is 0.269 e. The minimum Gasteiger partial charge on any atom is -0.371 e. The third-order valence-electron chi connectivity index (χ3n) is 1.74. The number of nitrogens with one attached hydrogen (secondary N) is 2. The van der Waals surface area contributed by atoms with E-state index in [1.165, 1.54) is 12.1 Å². The van der Waals surface area contributed by atoms with Crippen molar-refractivity contribution in [2.75, 3.05) is 6.54 Å². The van der Waals surface area contributed by atoms with Crippen LogP contribution in [-0.4, -0.2) is 27.7 Å². The molecule has 0 bridgehead atoms. The Bertz CT molecular complexity index is 343. The number of rotatable bonds is 4. The van der Waals surface area contributed by atoms with Gasteiger partial charge in [-0.2, -0.15) is 5.48 Å². The van der Waals surface area contributed by atoms with Crippen molar-refractivity contribution in [2.24, 2.45) is 0 Å². The average molecular weight is 211 g/mol. The summed E-state index contributed by atoms with van der Waals surface area (Å²) in [5, 5.41) is 20.3. The highest BCUT2D eigenvalue weighted by molar-refractivity contribution is 5.92. The third kappa shape index (κ3) is 2.98. The van der Waals surface area contributed by atoms with E-state index in [0.29, 0.717) is 6.54 Å². The minimum atomic E-state index is -1.29. The first-order valence-corrected chi connectivity index (χ1v) is 4.52. The second-order valence-corrected chi connectivity index (χ2v) is 2.84. The zero-order valence-corrected chi connectivity index (χ0v) is 8.27. The van der Waals surface area contributed by atoms with Gasteiger partial charge in [0.05, 0.1) is 5.69 Å². The fraction of sp³-hybridized carbons (Fsp3) is 0.333. The van der Waals surface area contributed by atoms with E-state index in [2.05, 4.69) is 10.3 Å². The van der Waals surface area contributed by atoms with Gasteiger partial charge in [-0.15, -0.1) is 0 Å². The van der Waals surface area contributed by atoms with E-state index < -0.39 is 6.23 Å². The number of hydrogen-bond acceptors (Lipinski definition) is 5. The lowest BCUT2D eigenvalue weighted by atomic mass is 10.2. The van der Waals surface area contributed by atoms with E-state index in [1.807, 2.05) is 0 Å². The Morgan fingerprint density at radius 3 is 2.93 bits per heavy atom. The molecule has 82 valence electrons. The van der Waals surface area contributed by atoms with E-state index in [4.69, 9.17) is 5.21 Å². The van der Waals surface area contributed by atoms with Crippen molar-refractivity contribution < 1.29 is 15.1 Å². The molecule has 6 nitrogen and oxygen atoms in total. The maximum atomic E-state index is 11.4. The van der Waals surface area contributed by atoms with Gasteiger partial charge in [0.1, 0.15) is 5.69 Å². The highest BCUT2D eigenvalue weighted by Crippen LogP contribution is 2.06. The summed E-state index contributed by atoms with van der Waals surface area (Å²) >= 11 is 0. The molecule has 0 aliphatic heterocycles. The number of aliphatic hydroxyl groups is 1. The summed E-state index contributed by atoms with van der Waals surface area (Å²) in [7, 11) is 0. The fourth-order valence-corrected chi connectivity index (χ4v) is 1.05. The summed E-state index contributed by atoms with van der Waals surface area (Å²) in [6.45, 7) is 2.30. The molecular weight excluding hydrogens is 198 g/mol. The van der Waals surface area contributed by atoms with E-state index in [-0.39, 0.29) is 17.3 Å². The smallest absolute Gasteiger partial charge is 0.269 e. The van der Waals surface area contributed by atoms with Crippen molar-refractivity contribution in [2.45, 2.75) is 13.2 Å². The Hall–Kier alpha value is -1.50. The van der Waals surface area contributed by atoms with Gasteiger partial charge in [0.2, 0.25) is 0 Å². The molecule has 1 unspecified atom stereocenters. The first-order chi connectivity index (χ1) is 7.19. The van der Waals surface area contributed by atoms with Gasteiger partial charge in [0.15, 0.2) is 6.23 Å². The van der Waals surface area contributed by atoms with Crippen LogP contribution in [0.15, 0.2) is 18.2 Å². The second-order valence-electron chi connectivity index (χ2n) is 2.84. The number of hydrogen-bond donors (Lipinski definition) is 4.